The molecule has 7 rings (SSSR count). The van der Waals surface area contributed by atoms with Crippen molar-refractivity contribution < 1.29 is 39.1 Å². The highest BCUT2D eigenvalue weighted by atomic mass is 16.6. The zero-order valence-corrected chi connectivity index (χ0v) is 21.8. The molecule has 6 fully saturated rings. The van der Waals surface area contributed by atoms with E-state index in [2.05, 4.69) is 0 Å². The number of ketones is 1. The van der Waals surface area contributed by atoms with Gasteiger partial charge in [0.2, 0.25) is 0 Å². The van der Waals surface area contributed by atoms with Crippen molar-refractivity contribution >= 4 is 11.8 Å². The third kappa shape index (κ3) is 2.29. The molecule has 198 valence electrons. The summed E-state index contributed by atoms with van der Waals surface area (Å²) in [5.41, 5.74) is -5.66. The van der Waals surface area contributed by atoms with Crippen molar-refractivity contribution in [3.8, 4) is 0 Å². The number of carbonyl (C=O) groups excluding carboxylic acids is 2. The molecule has 0 bridgehead atoms. The van der Waals surface area contributed by atoms with E-state index in [-0.39, 0.29) is 42.4 Å². The molecule has 0 radical (unpaired) electrons. The van der Waals surface area contributed by atoms with Crippen LogP contribution >= 0.6 is 0 Å². The van der Waals surface area contributed by atoms with Crippen LogP contribution in [0.4, 0.5) is 0 Å². The largest absolute Gasteiger partial charge is 0.455 e. The normalized spacial score (nSPS) is 58.6. The smallest absolute Gasteiger partial charge is 0.334 e. The first-order valence-electron chi connectivity index (χ1n) is 13.6. The van der Waals surface area contributed by atoms with Gasteiger partial charge in [-0.05, 0) is 71.6 Å². The quantitative estimate of drug-likeness (QED) is 0.386. The summed E-state index contributed by atoms with van der Waals surface area (Å²) >= 11 is 0. The summed E-state index contributed by atoms with van der Waals surface area (Å²) in [6, 6.07) is 0. The van der Waals surface area contributed by atoms with Crippen molar-refractivity contribution in [3.05, 3.63) is 11.1 Å². The van der Waals surface area contributed by atoms with Gasteiger partial charge in [-0.3, -0.25) is 4.79 Å². The molecule has 8 heteroatoms. The fourth-order valence-corrected chi connectivity index (χ4v) is 9.95. The van der Waals surface area contributed by atoms with Crippen molar-refractivity contribution in [2.45, 2.75) is 126 Å². The van der Waals surface area contributed by atoms with E-state index in [1.807, 2.05) is 20.8 Å². The number of ether oxygens (including phenoxy) is 3. The Morgan fingerprint density at radius 3 is 2.47 bits per heavy atom. The van der Waals surface area contributed by atoms with Gasteiger partial charge in [0.15, 0.2) is 5.78 Å². The lowest BCUT2D eigenvalue weighted by molar-refractivity contribution is -0.282. The van der Waals surface area contributed by atoms with Crippen LogP contribution in [0.3, 0.4) is 0 Å². The average molecular weight is 503 g/mol. The predicted molar refractivity (Wildman–Crippen MR) is 126 cm³/mol. The van der Waals surface area contributed by atoms with Crippen LogP contribution in [-0.2, 0) is 23.8 Å². The van der Waals surface area contributed by atoms with Crippen molar-refractivity contribution in [2.24, 2.45) is 22.7 Å². The van der Waals surface area contributed by atoms with Gasteiger partial charge in [-0.15, -0.1) is 0 Å². The molecule has 1 unspecified atom stereocenters. The third-order valence-electron chi connectivity index (χ3n) is 12.7. The van der Waals surface area contributed by atoms with Gasteiger partial charge in [-0.2, -0.15) is 0 Å². The van der Waals surface area contributed by atoms with Crippen LogP contribution in [-0.4, -0.2) is 73.9 Å². The molecule has 1 spiro atoms. The third-order valence-corrected chi connectivity index (χ3v) is 12.7. The summed E-state index contributed by atoms with van der Waals surface area (Å²) in [5, 5.41) is 36.8. The molecule has 0 aromatic heterocycles. The van der Waals surface area contributed by atoms with E-state index in [1.54, 1.807) is 13.8 Å². The van der Waals surface area contributed by atoms with Gasteiger partial charge >= 0.3 is 5.97 Å². The number of fused-ring (bicyclic) bond motifs is 5. The Bertz CT molecular complexity index is 1130. The maximum atomic E-state index is 13.6. The summed E-state index contributed by atoms with van der Waals surface area (Å²) in [6.07, 6.45) is 1.88. The number of aliphatic hydroxyl groups is 3. The molecule has 36 heavy (non-hydrogen) atoms. The van der Waals surface area contributed by atoms with Crippen LogP contribution in [0, 0.1) is 22.7 Å². The summed E-state index contributed by atoms with van der Waals surface area (Å²) in [6.45, 7) is 9.00. The van der Waals surface area contributed by atoms with Crippen molar-refractivity contribution in [1.29, 1.82) is 0 Å². The fraction of sp³-hybridized carbons (Fsp3) is 0.857. The second kappa shape index (κ2) is 6.45. The minimum absolute atomic E-state index is 0.0323. The molecule has 3 N–H and O–H groups in total. The van der Waals surface area contributed by atoms with Crippen LogP contribution in [0.5, 0.6) is 0 Å². The minimum atomic E-state index is -1.77. The number of epoxide rings is 2. The van der Waals surface area contributed by atoms with E-state index < -0.39 is 45.3 Å². The Morgan fingerprint density at radius 1 is 1.06 bits per heavy atom. The first-order chi connectivity index (χ1) is 16.7. The van der Waals surface area contributed by atoms with Crippen LogP contribution in [0.2, 0.25) is 0 Å². The Hall–Kier alpha value is -1.32. The molecule has 0 aromatic rings. The molecule has 3 heterocycles. The van der Waals surface area contributed by atoms with E-state index in [9.17, 15) is 24.9 Å². The molecule has 0 amide bonds. The molecule has 4 saturated carbocycles. The second-order valence-corrected chi connectivity index (χ2v) is 13.6. The van der Waals surface area contributed by atoms with Crippen LogP contribution in [0.25, 0.3) is 0 Å². The zero-order chi connectivity index (χ0) is 25.8. The monoisotopic (exact) mass is 502 g/mol. The lowest BCUT2D eigenvalue weighted by atomic mass is 9.42. The van der Waals surface area contributed by atoms with Gasteiger partial charge in [-0.25, -0.2) is 4.79 Å². The molecule has 12 atom stereocenters. The molecular formula is C28H38O8. The van der Waals surface area contributed by atoms with Crippen molar-refractivity contribution in [3.63, 3.8) is 0 Å². The van der Waals surface area contributed by atoms with Crippen LogP contribution in [0.1, 0.15) is 79.6 Å². The van der Waals surface area contributed by atoms with Crippen LogP contribution in [0.15, 0.2) is 11.1 Å². The van der Waals surface area contributed by atoms with E-state index in [0.29, 0.717) is 37.7 Å². The van der Waals surface area contributed by atoms with Gasteiger partial charge < -0.3 is 29.5 Å². The van der Waals surface area contributed by atoms with E-state index in [4.69, 9.17) is 14.2 Å². The molecule has 0 aromatic carbocycles. The molecule has 2 saturated heterocycles. The molecule has 3 aliphatic heterocycles. The summed E-state index contributed by atoms with van der Waals surface area (Å²) in [4.78, 5) is 26.1. The second-order valence-electron chi connectivity index (χ2n) is 13.6. The molecule has 4 aliphatic carbocycles. The number of Topliss-reactive ketones (excluding diaryl/α,β-unsaturated/α-hetero) is 1. The molecule has 7 aliphatic rings. The number of rotatable bonds is 2. The van der Waals surface area contributed by atoms with Gasteiger partial charge in [0.25, 0.3) is 0 Å². The molecular weight excluding hydrogens is 464 g/mol. The maximum Gasteiger partial charge on any atom is 0.334 e. The number of hydrogen-bond acceptors (Lipinski definition) is 8. The standard InChI is InChI=1S/C28H38O8/c1-13-10-18(35-22(30)14(13)2)25(5,31)28(33)9-8-26(32)16-11-19-27(36-19)12-17-20(34-17)21(29)24(27,4)15(16)6-7-23(26,28)3/h15-20,31-33H,6-12H2,1-5H3/t15-,16+,17?,18+,19+,20+,23-,24-,25+,26+,27+,28-/m0/s1. The highest BCUT2D eigenvalue weighted by molar-refractivity contribution is 5.95. The first-order valence-corrected chi connectivity index (χ1v) is 13.6. The van der Waals surface area contributed by atoms with Crippen molar-refractivity contribution in [2.75, 3.05) is 0 Å². The van der Waals surface area contributed by atoms with Gasteiger partial charge in [0.1, 0.15) is 29.0 Å². The Balaban J connectivity index is 1.26. The Labute approximate surface area is 211 Å². The average Bonchev–Trinajstić information content (AvgIpc) is 3.72. The minimum Gasteiger partial charge on any atom is -0.455 e. The summed E-state index contributed by atoms with van der Waals surface area (Å²) < 4.78 is 17.7. The van der Waals surface area contributed by atoms with E-state index in [0.717, 1.165) is 12.0 Å². The number of carbonyl (C=O) groups is 2. The highest BCUT2D eigenvalue weighted by Gasteiger charge is 2.85. The van der Waals surface area contributed by atoms with Crippen molar-refractivity contribution in [1.82, 2.24) is 0 Å². The Morgan fingerprint density at radius 2 is 1.78 bits per heavy atom. The maximum absolute atomic E-state index is 13.6. The number of hydrogen-bond donors (Lipinski definition) is 3. The topological polar surface area (TPSA) is 129 Å². The Kier molecular flexibility index (Phi) is 4.26. The first kappa shape index (κ1) is 23.8. The fourth-order valence-electron chi connectivity index (χ4n) is 9.95. The lowest BCUT2D eigenvalue weighted by Gasteiger charge is -2.63. The highest BCUT2D eigenvalue weighted by Crippen LogP contribution is 2.76. The number of cyclic esters (lactones) is 1. The summed E-state index contributed by atoms with van der Waals surface area (Å²) in [7, 11) is 0. The number of esters is 1. The lowest BCUT2D eigenvalue weighted by Crippen LogP contribution is -2.73. The van der Waals surface area contributed by atoms with E-state index >= 15 is 0 Å². The van der Waals surface area contributed by atoms with Gasteiger partial charge in [0, 0.05) is 23.8 Å². The predicted octanol–water partition coefficient (Wildman–Crippen LogP) is 1.97. The summed E-state index contributed by atoms with van der Waals surface area (Å²) in [5.74, 6) is -0.702. The van der Waals surface area contributed by atoms with E-state index in [1.165, 1.54) is 0 Å². The van der Waals surface area contributed by atoms with Crippen LogP contribution < -0.4 is 0 Å². The molecule has 8 nitrogen and oxygen atoms in total. The van der Waals surface area contributed by atoms with Gasteiger partial charge in [-0.1, -0.05) is 12.5 Å². The van der Waals surface area contributed by atoms with Gasteiger partial charge in [0.05, 0.1) is 23.2 Å². The SMILES string of the molecule is CC1=C(C)C(=O)O[C@@H]([C@@](C)(O)[C@]2(O)CC[C@@]3(O)[C@@H]4C[C@H]5O[C@]56CC5O[C@H]5C(=O)[C@]6(C)[C@H]4CC[C@]23C)C1. The zero-order valence-electron chi connectivity index (χ0n) is 21.8.